The molecule has 1 fully saturated rings. The molecule has 1 saturated heterocycles. The van der Waals surface area contributed by atoms with E-state index in [1.54, 1.807) is 18.6 Å². The van der Waals surface area contributed by atoms with Crippen LogP contribution in [0.3, 0.4) is 0 Å². The van der Waals surface area contributed by atoms with Crippen molar-refractivity contribution in [3.8, 4) is 11.4 Å². The molecule has 1 aliphatic rings. The van der Waals surface area contributed by atoms with Crippen molar-refractivity contribution in [2.45, 2.75) is 32.4 Å². The van der Waals surface area contributed by atoms with Crippen molar-refractivity contribution in [2.24, 2.45) is 0 Å². The van der Waals surface area contributed by atoms with Crippen molar-refractivity contribution in [3.05, 3.63) is 30.4 Å². The van der Waals surface area contributed by atoms with Crippen LogP contribution in [0.15, 0.2) is 24.7 Å². The number of aryl methyl sites for hydroxylation is 1. The second kappa shape index (κ2) is 5.77. The summed E-state index contributed by atoms with van der Waals surface area (Å²) in [6.07, 6.45) is 7.81. The number of hydrogen-bond donors (Lipinski definition) is 0. The van der Waals surface area contributed by atoms with Crippen molar-refractivity contribution >= 4 is 10.0 Å². The maximum Gasteiger partial charge on any atom is 0.211 e. The van der Waals surface area contributed by atoms with Crippen LogP contribution in [0.4, 0.5) is 0 Å². The minimum atomic E-state index is -3.26. The zero-order valence-corrected chi connectivity index (χ0v) is 13.5. The fraction of sp³-hybridized carbons (Fsp3) is 0.500. The normalized spacial score (nSPS) is 19.6. The molecular weight excluding hydrogens is 302 g/mol. The monoisotopic (exact) mass is 321 g/mol. The molecule has 0 aromatic carbocycles. The van der Waals surface area contributed by atoms with Gasteiger partial charge < -0.3 is 0 Å². The lowest BCUT2D eigenvalue weighted by molar-refractivity contribution is 0.394. The average molecular weight is 321 g/mol. The highest BCUT2D eigenvalue weighted by molar-refractivity contribution is 7.88. The summed E-state index contributed by atoms with van der Waals surface area (Å²) in [7, 11) is -3.26. The van der Waals surface area contributed by atoms with E-state index < -0.39 is 10.0 Å². The maximum atomic E-state index is 12.0. The molecule has 0 radical (unpaired) electrons. The van der Waals surface area contributed by atoms with Crippen LogP contribution in [0.1, 0.15) is 31.5 Å². The summed E-state index contributed by atoms with van der Waals surface area (Å²) in [5, 5.41) is 4.26. The third-order valence-electron chi connectivity index (χ3n) is 3.93. The first-order chi connectivity index (χ1) is 10.5. The number of nitrogens with zero attached hydrogens (tertiary/aromatic N) is 5. The van der Waals surface area contributed by atoms with E-state index in [1.807, 2.05) is 17.7 Å². The van der Waals surface area contributed by atoms with Crippen LogP contribution >= 0.6 is 0 Å². The highest BCUT2D eigenvalue weighted by Crippen LogP contribution is 2.36. The first-order valence-corrected chi connectivity index (χ1v) is 9.17. The van der Waals surface area contributed by atoms with Crippen LogP contribution in [0.5, 0.6) is 0 Å². The summed E-state index contributed by atoms with van der Waals surface area (Å²) in [5.41, 5.74) is 2.29. The molecule has 1 atom stereocenters. The fourth-order valence-electron chi connectivity index (χ4n) is 2.99. The molecule has 0 bridgehead atoms. The molecule has 8 heteroatoms. The maximum absolute atomic E-state index is 12.0. The van der Waals surface area contributed by atoms with Gasteiger partial charge in [-0.25, -0.2) is 8.42 Å². The lowest BCUT2D eigenvalue weighted by atomic mass is 10.1. The average Bonchev–Trinajstić information content (AvgIpc) is 3.15. The van der Waals surface area contributed by atoms with Gasteiger partial charge in [0.2, 0.25) is 10.0 Å². The summed E-state index contributed by atoms with van der Waals surface area (Å²) in [6, 6.07) is 1.63. The van der Waals surface area contributed by atoms with Gasteiger partial charge in [-0.05, 0) is 25.8 Å². The second-order valence-electron chi connectivity index (χ2n) is 5.35. The van der Waals surface area contributed by atoms with E-state index in [2.05, 4.69) is 15.1 Å². The molecule has 3 heterocycles. The second-order valence-corrected chi connectivity index (χ2v) is 7.29. The lowest BCUT2D eigenvalue weighted by Gasteiger charge is -2.23. The van der Waals surface area contributed by atoms with Gasteiger partial charge in [0.15, 0.2) is 0 Å². The molecule has 118 valence electrons. The predicted molar refractivity (Wildman–Crippen MR) is 82.5 cm³/mol. The Morgan fingerprint density at radius 1 is 1.27 bits per heavy atom. The van der Waals surface area contributed by atoms with Crippen molar-refractivity contribution in [3.63, 3.8) is 0 Å². The minimum absolute atomic E-state index is 0.251. The molecule has 1 aliphatic heterocycles. The quantitative estimate of drug-likeness (QED) is 0.851. The van der Waals surface area contributed by atoms with E-state index in [0.717, 1.165) is 25.1 Å². The van der Waals surface area contributed by atoms with Crippen molar-refractivity contribution < 1.29 is 8.42 Å². The third-order valence-corrected chi connectivity index (χ3v) is 5.22. The fourth-order valence-corrected chi connectivity index (χ4v) is 4.11. The molecule has 0 N–H and O–H groups in total. The van der Waals surface area contributed by atoms with E-state index in [-0.39, 0.29) is 6.04 Å². The van der Waals surface area contributed by atoms with Gasteiger partial charge in [-0.2, -0.15) is 9.40 Å². The van der Waals surface area contributed by atoms with Crippen LogP contribution in [-0.4, -0.2) is 45.3 Å². The molecule has 2 aromatic heterocycles. The highest BCUT2D eigenvalue weighted by atomic mass is 32.2. The number of aromatic nitrogens is 4. The SMILES string of the molecule is CCn1nccc1-c1nccnc1[C@@H]1CCCN1S(C)(=O)=O. The molecule has 0 unspecified atom stereocenters. The number of sulfonamides is 1. The number of rotatable bonds is 4. The summed E-state index contributed by atoms with van der Waals surface area (Å²) in [6.45, 7) is 3.26. The van der Waals surface area contributed by atoms with Gasteiger partial charge in [0.05, 0.1) is 23.7 Å². The molecular formula is C14H19N5O2S. The van der Waals surface area contributed by atoms with Crippen molar-refractivity contribution in [2.75, 3.05) is 12.8 Å². The molecule has 22 heavy (non-hydrogen) atoms. The summed E-state index contributed by atoms with van der Waals surface area (Å²) >= 11 is 0. The Kier molecular flexibility index (Phi) is 3.96. The zero-order valence-electron chi connectivity index (χ0n) is 12.7. The topological polar surface area (TPSA) is 81.0 Å². The van der Waals surface area contributed by atoms with E-state index in [0.29, 0.717) is 17.9 Å². The zero-order chi connectivity index (χ0) is 15.7. The van der Waals surface area contributed by atoms with Crippen LogP contribution < -0.4 is 0 Å². The summed E-state index contributed by atoms with van der Waals surface area (Å²) in [5.74, 6) is 0. The van der Waals surface area contributed by atoms with E-state index in [1.165, 1.54) is 10.6 Å². The summed E-state index contributed by atoms with van der Waals surface area (Å²) in [4.78, 5) is 8.89. The van der Waals surface area contributed by atoms with E-state index >= 15 is 0 Å². The first kappa shape index (κ1) is 15.1. The molecule has 3 rings (SSSR count). The van der Waals surface area contributed by atoms with Gasteiger partial charge in [0.1, 0.15) is 5.69 Å². The van der Waals surface area contributed by atoms with Crippen molar-refractivity contribution in [1.82, 2.24) is 24.1 Å². The summed E-state index contributed by atoms with van der Waals surface area (Å²) < 4.78 is 27.4. The van der Waals surface area contributed by atoms with E-state index in [4.69, 9.17) is 0 Å². The molecule has 0 saturated carbocycles. The minimum Gasteiger partial charge on any atom is -0.264 e. The predicted octanol–water partition coefficient (Wildman–Crippen LogP) is 1.46. The van der Waals surface area contributed by atoms with Crippen LogP contribution in [-0.2, 0) is 16.6 Å². The van der Waals surface area contributed by atoms with Crippen LogP contribution in [0.2, 0.25) is 0 Å². The standard InChI is InChI=1S/C14H19N5O2S/c1-3-18-11(6-7-17-18)13-14(16-9-8-15-13)12-5-4-10-19(12)22(2,20)21/h6-9,12H,3-5,10H2,1-2H3/t12-/m0/s1. The van der Waals surface area contributed by atoms with E-state index in [9.17, 15) is 8.42 Å². The molecule has 0 spiro atoms. The third kappa shape index (κ3) is 2.64. The molecule has 7 nitrogen and oxygen atoms in total. The Morgan fingerprint density at radius 2 is 2.05 bits per heavy atom. The largest absolute Gasteiger partial charge is 0.264 e. The van der Waals surface area contributed by atoms with Gasteiger partial charge in [0, 0.05) is 31.7 Å². The number of hydrogen-bond acceptors (Lipinski definition) is 5. The van der Waals surface area contributed by atoms with Crippen LogP contribution in [0.25, 0.3) is 11.4 Å². The first-order valence-electron chi connectivity index (χ1n) is 7.32. The smallest absolute Gasteiger partial charge is 0.211 e. The van der Waals surface area contributed by atoms with Gasteiger partial charge in [-0.3, -0.25) is 14.6 Å². The highest BCUT2D eigenvalue weighted by Gasteiger charge is 2.35. The van der Waals surface area contributed by atoms with Gasteiger partial charge >= 0.3 is 0 Å². The Labute approximate surface area is 130 Å². The molecule has 0 aliphatic carbocycles. The Balaban J connectivity index is 2.09. The van der Waals surface area contributed by atoms with Gasteiger partial charge in [-0.15, -0.1) is 0 Å². The lowest BCUT2D eigenvalue weighted by Crippen LogP contribution is -2.30. The van der Waals surface area contributed by atoms with Crippen LogP contribution in [0, 0.1) is 0 Å². The molecule has 2 aromatic rings. The molecule has 0 amide bonds. The Morgan fingerprint density at radius 3 is 2.77 bits per heavy atom. The Hall–Kier alpha value is -1.80. The van der Waals surface area contributed by atoms with Crippen molar-refractivity contribution in [1.29, 1.82) is 0 Å². The van der Waals surface area contributed by atoms with Gasteiger partial charge in [0.25, 0.3) is 0 Å². The Bertz CT molecular complexity index is 771. The van der Waals surface area contributed by atoms with Gasteiger partial charge in [-0.1, -0.05) is 0 Å².